The van der Waals surface area contributed by atoms with Crippen LogP contribution in [-0.4, -0.2) is 4.57 Å². The first-order valence-corrected chi connectivity index (χ1v) is 20.2. The summed E-state index contributed by atoms with van der Waals surface area (Å²) in [6, 6.07) is 78.7. The lowest BCUT2D eigenvalue weighted by atomic mass is 9.95. The molecule has 0 fully saturated rings. The van der Waals surface area contributed by atoms with Crippen LogP contribution >= 0.6 is 0 Å². The summed E-state index contributed by atoms with van der Waals surface area (Å²) >= 11 is 0. The van der Waals surface area contributed by atoms with E-state index in [1.54, 1.807) is 0 Å². The molecular weight excluding hydrogens is 717 g/mol. The highest BCUT2D eigenvalue weighted by Gasteiger charge is 2.26. The van der Waals surface area contributed by atoms with Crippen LogP contribution in [0.1, 0.15) is 0 Å². The van der Waals surface area contributed by atoms with Crippen molar-refractivity contribution in [2.24, 2.45) is 0 Å². The molecule has 59 heavy (non-hydrogen) atoms. The molecule has 0 saturated carbocycles. The first-order valence-electron chi connectivity index (χ1n) is 20.2. The predicted molar refractivity (Wildman–Crippen MR) is 249 cm³/mol. The third-order valence-electron chi connectivity index (χ3n) is 12.0. The van der Waals surface area contributed by atoms with E-state index >= 15 is 0 Å². The third-order valence-corrected chi connectivity index (χ3v) is 12.0. The zero-order valence-corrected chi connectivity index (χ0v) is 32.1. The van der Waals surface area contributed by atoms with Gasteiger partial charge in [0.15, 0.2) is 0 Å². The molecule has 0 aliphatic rings. The van der Waals surface area contributed by atoms with Crippen LogP contribution in [0, 0.1) is 0 Å². The monoisotopic (exact) mass is 752 g/mol. The zero-order valence-electron chi connectivity index (χ0n) is 32.1. The quantitative estimate of drug-likeness (QED) is 0.158. The highest BCUT2D eigenvalue weighted by atomic mass is 16.3. The fraction of sp³-hybridized carbons (Fsp3) is 0. The lowest BCUT2D eigenvalue weighted by molar-refractivity contribution is 0.670. The topological polar surface area (TPSA) is 21.3 Å². The van der Waals surface area contributed by atoms with Gasteiger partial charge < -0.3 is 13.9 Å². The Hall–Kier alpha value is -7.88. The van der Waals surface area contributed by atoms with Gasteiger partial charge in [-0.15, -0.1) is 0 Å². The molecule has 2 aromatic heterocycles. The first-order chi connectivity index (χ1) is 29.3. The van der Waals surface area contributed by atoms with Crippen molar-refractivity contribution in [3.05, 3.63) is 218 Å². The predicted octanol–water partition coefficient (Wildman–Crippen LogP) is 15.8. The lowest BCUT2D eigenvalue weighted by Gasteiger charge is -2.29. The van der Waals surface area contributed by atoms with Crippen molar-refractivity contribution in [2.45, 2.75) is 0 Å². The maximum atomic E-state index is 6.98. The van der Waals surface area contributed by atoms with E-state index in [4.69, 9.17) is 4.42 Å². The van der Waals surface area contributed by atoms with Crippen LogP contribution in [0.25, 0.3) is 93.2 Å². The largest absolute Gasteiger partial charge is 0.455 e. The molecule has 3 nitrogen and oxygen atoms in total. The summed E-state index contributed by atoms with van der Waals surface area (Å²) in [5, 5.41) is 9.64. The second-order valence-corrected chi connectivity index (χ2v) is 15.3. The van der Waals surface area contributed by atoms with Gasteiger partial charge in [0.2, 0.25) is 0 Å². The summed E-state index contributed by atoms with van der Waals surface area (Å²) in [6.45, 7) is 0. The van der Waals surface area contributed by atoms with Gasteiger partial charge in [-0.2, -0.15) is 0 Å². The number of benzene rings is 10. The standard InChI is InChI=1S/C56H36N2O/c1-2-17-41(18-3-1)57(42-19-14-16-39(35-42)40-32-31-38-30-29-37-15-4-5-20-43(37)49(38)36-40)53-34-33-47-46-23-9-13-28-54(46)59-56(47)55(53)48-24-8-12-27-52(48)58-50-25-10-6-21-44(50)45-22-7-11-26-51(45)58/h1-36H. The van der Waals surface area contributed by atoms with E-state index < -0.39 is 0 Å². The molecule has 0 atom stereocenters. The maximum Gasteiger partial charge on any atom is 0.145 e. The SMILES string of the molecule is c1ccc(N(c2cccc(-c3ccc4ccc5ccccc5c4c3)c2)c2ccc3c(oc4ccccc43)c2-c2ccccc2-n2c3ccccc3c3ccccc32)cc1. The molecule has 0 aliphatic heterocycles. The van der Waals surface area contributed by atoms with Crippen LogP contribution in [0.5, 0.6) is 0 Å². The minimum atomic E-state index is 0.857. The molecule has 0 spiro atoms. The molecule has 276 valence electrons. The molecule has 0 amide bonds. The van der Waals surface area contributed by atoms with Gasteiger partial charge in [0.05, 0.1) is 28.0 Å². The average Bonchev–Trinajstić information content (AvgIpc) is 3.85. The van der Waals surface area contributed by atoms with Crippen LogP contribution in [0.4, 0.5) is 17.1 Å². The number of fused-ring (bicyclic) bond motifs is 9. The Morgan fingerprint density at radius 1 is 0.373 bits per heavy atom. The Kier molecular flexibility index (Phi) is 7.54. The molecule has 0 radical (unpaired) electrons. The van der Waals surface area contributed by atoms with Gasteiger partial charge >= 0.3 is 0 Å². The van der Waals surface area contributed by atoms with Crippen LogP contribution in [0.3, 0.4) is 0 Å². The van der Waals surface area contributed by atoms with E-state index in [9.17, 15) is 0 Å². The molecule has 0 N–H and O–H groups in total. The maximum absolute atomic E-state index is 6.98. The Morgan fingerprint density at radius 3 is 1.80 bits per heavy atom. The fourth-order valence-electron chi connectivity index (χ4n) is 9.30. The molecule has 3 heteroatoms. The fourth-order valence-corrected chi connectivity index (χ4v) is 9.30. The molecule has 0 saturated heterocycles. The summed E-state index contributed by atoms with van der Waals surface area (Å²) in [7, 11) is 0. The second-order valence-electron chi connectivity index (χ2n) is 15.3. The van der Waals surface area contributed by atoms with E-state index in [1.807, 2.05) is 0 Å². The summed E-state index contributed by atoms with van der Waals surface area (Å²) < 4.78 is 9.40. The van der Waals surface area contributed by atoms with E-state index in [2.05, 4.69) is 228 Å². The molecule has 12 aromatic rings. The Balaban J connectivity index is 1.13. The van der Waals surface area contributed by atoms with Crippen molar-refractivity contribution in [2.75, 3.05) is 4.90 Å². The molecule has 0 bridgehead atoms. The van der Waals surface area contributed by atoms with Crippen molar-refractivity contribution < 1.29 is 4.42 Å². The summed E-state index contributed by atoms with van der Waals surface area (Å²) in [5.74, 6) is 0. The van der Waals surface area contributed by atoms with Gasteiger partial charge in [-0.3, -0.25) is 0 Å². The molecule has 2 heterocycles. The Morgan fingerprint density at radius 2 is 0.983 bits per heavy atom. The first kappa shape index (κ1) is 33.3. The normalized spacial score (nSPS) is 11.7. The number of hydrogen-bond acceptors (Lipinski definition) is 2. The van der Waals surface area contributed by atoms with Crippen molar-refractivity contribution in [1.29, 1.82) is 0 Å². The van der Waals surface area contributed by atoms with Crippen molar-refractivity contribution >= 4 is 82.4 Å². The van der Waals surface area contributed by atoms with Gasteiger partial charge in [0, 0.05) is 38.5 Å². The van der Waals surface area contributed by atoms with Gasteiger partial charge in [0.1, 0.15) is 11.2 Å². The number of furan rings is 1. The van der Waals surface area contributed by atoms with Crippen LogP contribution in [0.2, 0.25) is 0 Å². The van der Waals surface area contributed by atoms with E-state index in [1.165, 1.54) is 37.9 Å². The number of rotatable bonds is 6. The summed E-state index contributed by atoms with van der Waals surface area (Å²) in [6.07, 6.45) is 0. The molecule has 0 aliphatic carbocycles. The Labute approximate surface area is 341 Å². The van der Waals surface area contributed by atoms with E-state index in [-0.39, 0.29) is 0 Å². The highest BCUT2D eigenvalue weighted by molar-refractivity contribution is 6.15. The third kappa shape index (κ3) is 5.29. The number of aromatic nitrogens is 1. The Bertz CT molecular complexity index is 3520. The molecule has 0 unspecified atom stereocenters. The minimum Gasteiger partial charge on any atom is -0.455 e. The van der Waals surface area contributed by atoms with Crippen LogP contribution in [0.15, 0.2) is 223 Å². The second kappa shape index (κ2) is 13.4. The van der Waals surface area contributed by atoms with Gasteiger partial charge in [-0.25, -0.2) is 0 Å². The summed E-state index contributed by atoms with van der Waals surface area (Å²) in [5.41, 5.74) is 12.7. The van der Waals surface area contributed by atoms with E-state index in [0.29, 0.717) is 0 Å². The highest BCUT2D eigenvalue weighted by Crippen LogP contribution is 2.49. The number of anilines is 3. The van der Waals surface area contributed by atoms with Crippen LogP contribution in [-0.2, 0) is 0 Å². The van der Waals surface area contributed by atoms with Crippen LogP contribution < -0.4 is 4.90 Å². The zero-order chi connectivity index (χ0) is 38.9. The van der Waals surface area contributed by atoms with Crippen molar-refractivity contribution in [1.82, 2.24) is 4.57 Å². The van der Waals surface area contributed by atoms with Gasteiger partial charge in [-0.05, 0) is 99.4 Å². The number of nitrogens with zero attached hydrogens (tertiary/aromatic N) is 2. The molecular formula is C56H36N2O. The molecule has 12 rings (SSSR count). The smallest absolute Gasteiger partial charge is 0.145 e. The van der Waals surface area contributed by atoms with E-state index in [0.717, 1.165) is 72.4 Å². The average molecular weight is 753 g/mol. The van der Waals surface area contributed by atoms with Gasteiger partial charge in [-0.1, -0.05) is 152 Å². The number of para-hydroxylation sites is 5. The van der Waals surface area contributed by atoms with Crippen molar-refractivity contribution in [3.8, 4) is 27.9 Å². The van der Waals surface area contributed by atoms with Crippen molar-refractivity contribution in [3.63, 3.8) is 0 Å². The summed E-state index contributed by atoms with van der Waals surface area (Å²) in [4.78, 5) is 2.39. The minimum absolute atomic E-state index is 0.857. The molecule has 10 aromatic carbocycles. The lowest BCUT2D eigenvalue weighted by Crippen LogP contribution is -2.12. The van der Waals surface area contributed by atoms with Gasteiger partial charge in [0.25, 0.3) is 0 Å². The number of hydrogen-bond donors (Lipinski definition) is 0.